The number of furan rings is 1. The molecule has 2 aromatic heterocycles. The third-order valence-corrected chi connectivity index (χ3v) is 5.36. The van der Waals surface area contributed by atoms with Gasteiger partial charge < -0.3 is 14.5 Å². The van der Waals surface area contributed by atoms with Gasteiger partial charge in [-0.3, -0.25) is 0 Å². The molecule has 0 aliphatic heterocycles. The number of anilines is 2. The van der Waals surface area contributed by atoms with Gasteiger partial charge in [-0.1, -0.05) is 45.1 Å². The minimum absolute atomic E-state index is 0.197. The number of aromatic nitrogens is 2. The lowest BCUT2D eigenvalue weighted by atomic mass is 10.3. The highest BCUT2D eigenvalue weighted by molar-refractivity contribution is 9.10. The average Bonchev–Trinajstić information content (AvgIpc) is 3.21. The van der Waals surface area contributed by atoms with Gasteiger partial charge in [-0.2, -0.15) is 0 Å². The van der Waals surface area contributed by atoms with Gasteiger partial charge in [0.1, 0.15) is 5.76 Å². The van der Waals surface area contributed by atoms with Gasteiger partial charge >= 0.3 is 5.97 Å². The first-order valence-electron chi connectivity index (χ1n) is 6.80. The van der Waals surface area contributed by atoms with E-state index in [-0.39, 0.29) is 5.76 Å². The maximum absolute atomic E-state index is 11.3. The second-order valence-corrected chi connectivity index (χ2v) is 7.67. The average molecular weight is 426 g/mol. The second-order valence-electron chi connectivity index (χ2n) is 4.55. The fraction of sp³-hybridized carbons (Fsp3) is 0.133. The number of benzene rings is 1. The van der Waals surface area contributed by atoms with Crippen molar-refractivity contribution in [2.24, 2.45) is 0 Å². The number of nitrogens with one attached hydrogen (secondary N) is 1. The molecule has 3 aromatic rings. The molecule has 0 saturated carbocycles. The van der Waals surface area contributed by atoms with Crippen molar-refractivity contribution in [3.05, 3.63) is 52.4 Å². The number of hydrogen-bond acceptors (Lipinski definition) is 8. The van der Waals surface area contributed by atoms with Gasteiger partial charge in [-0.05, 0) is 30.3 Å². The van der Waals surface area contributed by atoms with Crippen LogP contribution in [-0.2, 0) is 10.5 Å². The van der Waals surface area contributed by atoms with E-state index in [4.69, 9.17) is 4.42 Å². The lowest BCUT2D eigenvalue weighted by Crippen LogP contribution is -1.98. The zero-order valence-corrected chi connectivity index (χ0v) is 15.7. The summed E-state index contributed by atoms with van der Waals surface area (Å²) in [6, 6.07) is 11.2. The number of nitrogens with zero attached hydrogens (tertiary/aromatic N) is 2. The molecule has 1 aromatic carbocycles. The quantitative estimate of drug-likeness (QED) is 0.452. The fourth-order valence-electron chi connectivity index (χ4n) is 1.81. The number of carbonyl (C=O) groups is 1. The molecule has 9 heteroatoms. The Bertz CT molecular complexity index is 850. The topological polar surface area (TPSA) is 77.2 Å². The molecule has 0 saturated heterocycles. The summed E-state index contributed by atoms with van der Waals surface area (Å²) in [5.41, 5.74) is 0.936. The van der Waals surface area contributed by atoms with Gasteiger partial charge in [0, 0.05) is 10.2 Å². The Morgan fingerprint density at radius 2 is 2.25 bits per heavy atom. The molecule has 0 amide bonds. The van der Waals surface area contributed by atoms with Crippen LogP contribution in [0.2, 0.25) is 0 Å². The summed E-state index contributed by atoms with van der Waals surface area (Å²) in [5.74, 6) is 0.949. The van der Waals surface area contributed by atoms with Gasteiger partial charge in [0.25, 0.3) is 0 Å². The summed E-state index contributed by atoms with van der Waals surface area (Å²) < 4.78 is 11.8. The van der Waals surface area contributed by atoms with Crippen molar-refractivity contribution in [1.82, 2.24) is 10.2 Å². The summed E-state index contributed by atoms with van der Waals surface area (Å²) >= 11 is 6.37. The van der Waals surface area contributed by atoms with Gasteiger partial charge in [0.15, 0.2) is 4.34 Å². The molecule has 124 valence electrons. The smallest absolute Gasteiger partial charge is 0.373 e. The second kappa shape index (κ2) is 7.82. The normalized spacial score (nSPS) is 10.6. The molecule has 2 heterocycles. The van der Waals surface area contributed by atoms with Gasteiger partial charge in [-0.25, -0.2) is 4.79 Å². The molecule has 0 fully saturated rings. The van der Waals surface area contributed by atoms with Crippen LogP contribution in [0.3, 0.4) is 0 Å². The molecular weight excluding hydrogens is 414 g/mol. The number of halogens is 1. The van der Waals surface area contributed by atoms with Crippen LogP contribution >= 0.6 is 39.0 Å². The van der Waals surface area contributed by atoms with E-state index in [1.807, 2.05) is 24.3 Å². The summed E-state index contributed by atoms with van der Waals surface area (Å²) in [4.78, 5) is 11.3. The highest BCUT2D eigenvalue weighted by Crippen LogP contribution is 2.30. The Morgan fingerprint density at radius 1 is 1.38 bits per heavy atom. The van der Waals surface area contributed by atoms with E-state index in [1.54, 1.807) is 12.1 Å². The zero-order chi connectivity index (χ0) is 16.9. The van der Waals surface area contributed by atoms with Crippen LogP contribution in [0.15, 0.2) is 49.6 Å². The van der Waals surface area contributed by atoms with E-state index in [0.717, 1.165) is 14.5 Å². The molecule has 0 aliphatic rings. The van der Waals surface area contributed by atoms with E-state index < -0.39 is 5.97 Å². The zero-order valence-electron chi connectivity index (χ0n) is 12.5. The minimum atomic E-state index is -0.484. The minimum Gasteiger partial charge on any atom is -0.463 e. The molecule has 0 radical (unpaired) electrons. The van der Waals surface area contributed by atoms with Crippen LogP contribution in [0.5, 0.6) is 0 Å². The number of methoxy groups -OCH3 is 1. The van der Waals surface area contributed by atoms with E-state index in [2.05, 4.69) is 36.2 Å². The lowest BCUT2D eigenvalue weighted by Gasteiger charge is -2.01. The molecule has 6 nitrogen and oxygen atoms in total. The number of esters is 1. The van der Waals surface area contributed by atoms with Crippen molar-refractivity contribution in [3.8, 4) is 0 Å². The van der Waals surface area contributed by atoms with E-state index in [1.165, 1.54) is 30.2 Å². The first kappa shape index (κ1) is 17.0. The van der Waals surface area contributed by atoms with Crippen LogP contribution in [0.25, 0.3) is 0 Å². The summed E-state index contributed by atoms with van der Waals surface area (Å²) in [7, 11) is 1.32. The van der Waals surface area contributed by atoms with E-state index in [0.29, 0.717) is 16.6 Å². The molecule has 0 bridgehead atoms. The van der Waals surface area contributed by atoms with Crippen molar-refractivity contribution < 1.29 is 13.9 Å². The highest BCUT2D eigenvalue weighted by atomic mass is 79.9. The van der Waals surface area contributed by atoms with Crippen molar-refractivity contribution in [1.29, 1.82) is 0 Å². The highest BCUT2D eigenvalue weighted by Gasteiger charge is 2.12. The predicted molar refractivity (Wildman–Crippen MR) is 96.9 cm³/mol. The number of thioether (sulfide) groups is 1. The third-order valence-electron chi connectivity index (χ3n) is 2.87. The predicted octanol–water partition coefficient (Wildman–Crippen LogP) is 4.72. The molecule has 0 atom stereocenters. The molecule has 0 unspecified atom stereocenters. The molecule has 0 spiro atoms. The summed E-state index contributed by atoms with van der Waals surface area (Å²) in [6.07, 6.45) is 0. The van der Waals surface area contributed by atoms with Crippen molar-refractivity contribution >= 4 is 55.8 Å². The van der Waals surface area contributed by atoms with E-state index >= 15 is 0 Å². The number of carbonyl (C=O) groups excluding carboxylic acids is 1. The molecule has 3 rings (SSSR count). The number of ether oxygens (including phenoxy) is 1. The first-order valence-corrected chi connectivity index (χ1v) is 9.39. The van der Waals surface area contributed by atoms with Gasteiger partial charge in [-0.15, -0.1) is 10.2 Å². The lowest BCUT2D eigenvalue weighted by molar-refractivity contribution is 0.0563. The van der Waals surface area contributed by atoms with Crippen LogP contribution in [-0.4, -0.2) is 23.3 Å². The van der Waals surface area contributed by atoms with Crippen LogP contribution in [0.4, 0.5) is 10.8 Å². The van der Waals surface area contributed by atoms with E-state index in [9.17, 15) is 4.79 Å². The molecular formula is C15H12BrN3O3S2. The van der Waals surface area contributed by atoms with Crippen LogP contribution in [0.1, 0.15) is 16.3 Å². The Morgan fingerprint density at radius 3 is 3.04 bits per heavy atom. The Kier molecular flexibility index (Phi) is 5.54. The standard InChI is InChI=1S/C15H12BrN3O3S2/c1-21-13(20)12-6-5-11(22-12)8-23-15-19-18-14(24-15)17-10-4-2-3-9(16)7-10/h2-7H,8H2,1H3,(H,17,18). The Labute approximate surface area is 154 Å². The SMILES string of the molecule is COC(=O)c1ccc(CSc2nnc(Nc3cccc(Br)c3)s2)o1. The third kappa shape index (κ3) is 4.37. The maximum atomic E-state index is 11.3. The number of rotatable bonds is 6. The number of hydrogen-bond donors (Lipinski definition) is 1. The fourth-order valence-corrected chi connectivity index (χ4v) is 3.87. The summed E-state index contributed by atoms with van der Waals surface area (Å²) in [6.45, 7) is 0. The maximum Gasteiger partial charge on any atom is 0.373 e. The van der Waals surface area contributed by atoms with Crippen LogP contribution in [0, 0.1) is 0 Å². The van der Waals surface area contributed by atoms with Crippen LogP contribution < -0.4 is 5.32 Å². The molecule has 24 heavy (non-hydrogen) atoms. The monoisotopic (exact) mass is 425 g/mol. The molecule has 0 aliphatic carbocycles. The van der Waals surface area contributed by atoms with Gasteiger partial charge in [0.05, 0.1) is 12.9 Å². The summed E-state index contributed by atoms with van der Waals surface area (Å²) in [5, 5.41) is 12.2. The van der Waals surface area contributed by atoms with Crippen molar-refractivity contribution in [3.63, 3.8) is 0 Å². The Balaban J connectivity index is 1.58. The molecule has 1 N–H and O–H groups in total. The largest absolute Gasteiger partial charge is 0.463 e. The van der Waals surface area contributed by atoms with Crippen molar-refractivity contribution in [2.75, 3.05) is 12.4 Å². The van der Waals surface area contributed by atoms with Gasteiger partial charge in [0.2, 0.25) is 10.9 Å². The van der Waals surface area contributed by atoms with Crippen molar-refractivity contribution in [2.45, 2.75) is 10.1 Å². The Hall–Kier alpha value is -1.84. The first-order chi connectivity index (χ1) is 11.6.